The maximum Gasteiger partial charge on any atom is 0.228 e. The molecule has 0 amide bonds. The topological polar surface area (TPSA) is 59.1 Å². The summed E-state index contributed by atoms with van der Waals surface area (Å²) >= 11 is 0. The van der Waals surface area contributed by atoms with E-state index in [4.69, 9.17) is 0 Å². The highest BCUT2D eigenvalue weighted by Gasteiger charge is 2.28. The van der Waals surface area contributed by atoms with Crippen LogP contribution in [0.25, 0.3) is 0 Å². The number of nitrogens with one attached hydrogen (secondary N) is 1. The van der Waals surface area contributed by atoms with Gasteiger partial charge in [0.1, 0.15) is 5.69 Å². The monoisotopic (exact) mass is 270 g/mol. The third-order valence-corrected chi connectivity index (χ3v) is 4.00. The van der Waals surface area contributed by atoms with Crippen molar-refractivity contribution >= 4 is 11.6 Å². The summed E-state index contributed by atoms with van der Waals surface area (Å²) < 4.78 is 0. The molecule has 20 heavy (non-hydrogen) atoms. The van der Waals surface area contributed by atoms with Gasteiger partial charge in [-0.1, -0.05) is 19.3 Å². The molecule has 1 aromatic heterocycles. The number of aryl methyl sites for hydroxylation is 1. The first-order chi connectivity index (χ1) is 9.65. The standard InChI is InChI=1S/C16H18N2O2/c1-10-7-8-12-14(19)9-13(16(20)15(12)17-10)18-11-5-3-2-4-6-11/h7-9,11,18H,2-6H2,1H3. The zero-order valence-corrected chi connectivity index (χ0v) is 11.6. The van der Waals surface area contributed by atoms with Crippen molar-refractivity contribution in [3.63, 3.8) is 0 Å². The Kier molecular flexibility index (Phi) is 3.38. The van der Waals surface area contributed by atoms with Gasteiger partial charge in [0.25, 0.3) is 0 Å². The zero-order valence-electron chi connectivity index (χ0n) is 11.6. The molecular formula is C16H18N2O2. The van der Waals surface area contributed by atoms with E-state index in [0.29, 0.717) is 17.3 Å². The number of rotatable bonds is 2. The number of pyridine rings is 1. The van der Waals surface area contributed by atoms with Gasteiger partial charge in [0, 0.05) is 17.8 Å². The van der Waals surface area contributed by atoms with E-state index in [1.165, 1.54) is 25.3 Å². The number of allylic oxidation sites excluding steroid dienone is 2. The Morgan fingerprint density at radius 1 is 1.15 bits per heavy atom. The van der Waals surface area contributed by atoms with Gasteiger partial charge >= 0.3 is 0 Å². The molecule has 0 saturated heterocycles. The number of hydrogen-bond donors (Lipinski definition) is 1. The number of aromatic nitrogens is 1. The summed E-state index contributed by atoms with van der Waals surface area (Å²) in [6.45, 7) is 1.82. The summed E-state index contributed by atoms with van der Waals surface area (Å²) in [5.74, 6) is -0.292. The van der Waals surface area contributed by atoms with Crippen LogP contribution in [0.3, 0.4) is 0 Å². The molecule has 0 unspecified atom stereocenters. The van der Waals surface area contributed by atoms with Crippen LogP contribution in [-0.4, -0.2) is 22.6 Å². The van der Waals surface area contributed by atoms with Gasteiger partial charge < -0.3 is 5.32 Å². The van der Waals surface area contributed by atoms with Crippen LogP contribution < -0.4 is 5.32 Å². The van der Waals surface area contributed by atoms with Crippen molar-refractivity contribution in [2.45, 2.75) is 45.1 Å². The average Bonchev–Trinajstić information content (AvgIpc) is 2.45. The molecule has 1 N–H and O–H groups in total. The predicted molar refractivity (Wildman–Crippen MR) is 75.7 cm³/mol. The van der Waals surface area contributed by atoms with Gasteiger partial charge in [-0.15, -0.1) is 0 Å². The second kappa shape index (κ2) is 5.19. The highest BCUT2D eigenvalue weighted by Crippen LogP contribution is 2.22. The Labute approximate surface area is 118 Å². The van der Waals surface area contributed by atoms with E-state index in [0.717, 1.165) is 18.5 Å². The molecule has 4 nitrogen and oxygen atoms in total. The lowest BCUT2D eigenvalue weighted by Gasteiger charge is -2.26. The van der Waals surface area contributed by atoms with Gasteiger partial charge in [-0.05, 0) is 31.9 Å². The minimum Gasteiger partial charge on any atom is -0.379 e. The molecule has 0 radical (unpaired) electrons. The van der Waals surface area contributed by atoms with Gasteiger partial charge in [0.15, 0.2) is 5.78 Å². The summed E-state index contributed by atoms with van der Waals surface area (Å²) in [7, 11) is 0. The second-order valence-corrected chi connectivity index (χ2v) is 5.58. The summed E-state index contributed by atoms with van der Waals surface area (Å²) in [6.07, 6.45) is 7.17. The van der Waals surface area contributed by atoms with Crippen molar-refractivity contribution in [2.75, 3.05) is 0 Å². The molecular weight excluding hydrogens is 252 g/mol. The number of fused-ring (bicyclic) bond motifs is 1. The van der Waals surface area contributed by atoms with Crippen LogP contribution in [0.2, 0.25) is 0 Å². The largest absolute Gasteiger partial charge is 0.379 e. The molecule has 0 bridgehead atoms. The number of nitrogens with zero attached hydrogens (tertiary/aromatic N) is 1. The average molecular weight is 270 g/mol. The van der Waals surface area contributed by atoms with Gasteiger partial charge in [0.2, 0.25) is 5.78 Å². The Morgan fingerprint density at radius 2 is 1.90 bits per heavy atom. The van der Waals surface area contributed by atoms with Crippen molar-refractivity contribution in [3.05, 3.63) is 40.9 Å². The Balaban J connectivity index is 1.86. The van der Waals surface area contributed by atoms with Crippen LogP contribution in [-0.2, 0) is 0 Å². The Hall–Kier alpha value is -1.97. The normalized spacial score (nSPS) is 19.6. The van der Waals surface area contributed by atoms with E-state index in [2.05, 4.69) is 10.3 Å². The van der Waals surface area contributed by atoms with E-state index in [9.17, 15) is 9.59 Å². The Bertz CT molecular complexity index is 598. The molecule has 0 aromatic carbocycles. The fourth-order valence-electron chi connectivity index (χ4n) is 2.90. The third kappa shape index (κ3) is 2.38. The highest BCUT2D eigenvalue weighted by atomic mass is 16.1. The lowest BCUT2D eigenvalue weighted by Crippen LogP contribution is -2.36. The molecule has 104 valence electrons. The summed E-state index contributed by atoms with van der Waals surface area (Å²) in [4.78, 5) is 28.8. The molecule has 2 aliphatic carbocycles. The van der Waals surface area contributed by atoms with Crippen LogP contribution in [0.5, 0.6) is 0 Å². The van der Waals surface area contributed by atoms with Gasteiger partial charge in [-0.25, -0.2) is 4.98 Å². The number of carbonyl (C=O) groups excluding carboxylic acids is 2. The fourth-order valence-corrected chi connectivity index (χ4v) is 2.90. The second-order valence-electron chi connectivity index (χ2n) is 5.58. The lowest BCUT2D eigenvalue weighted by atomic mass is 9.93. The first kappa shape index (κ1) is 13.0. The molecule has 3 rings (SSSR count). The Morgan fingerprint density at radius 3 is 2.65 bits per heavy atom. The number of hydrogen-bond acceptors (Lipinski definition) is 4. The van der Waals surface area contributed by atoms with Crippen LogP contribution in [0, 0.1) is 6.92 Å². The number of carbonyl (C=O) groups is 2. The van der Waals surface area contributed by atoms with Crippen molar-refractivity contribution in [3.8, 4) is 0 Å². The van der Waals surface area contributed by atoms with E-state index in [1.54, 1.807) is 12.1 Å². The predicted octanol–water partition coefficient (Wildman–Crippen LogP) is 2.58. The quantitative estimate of drug-likeness (QED) is 0.897. The van der Waals surface area contributed by atoms with Gasteiger partial charge in [-0.2, -0.15) is 0 Å². The van der Waals surface area contributed by atoms with Crippen LogP contribution in [0.15, 0.2) is 23.9 Å². The number of ketones is 2. The van der Waals surface area contributed by atoms with E-state index in [-0.39, 0.29) is 17.3 Å². The van der Waals surface area contributed by atoms with Crippen molar-refractivity contribution in [1.82, 2.24) is 10.3 Å². The van der Waals surface area contributed by atoms with Crippen LogP contribution in [0.4, 0.5) is 0 Å². The van der Waals surface area contributed by atoms with E-state index >= 15 is 0 Å². The minimum atomic E-state index is -0.158. The first-order valence-corrected chi connectivity index (χ1v) is 7.20. The summed E-state index contributed by atoms with van der Waals surface area (Å²) in [5, 5.41) is 3.25. The number of Topliss-reactive ketones (excluding diaryl/α,β-unsaturated/α-hetero) is 1. The van der Waals surface area contributed by atoms with E-state index < -0.39 is 0 Å². The maximum absolute atomic E-state index is 12.4. The van der Waals surface area contributed by atoms with Gasteiger partial charge in [-0.3, -0.25) is 9.59 Å². The molecule has 0 aliphatic heterocycles. The molecule has 4 heteroatoms. The van der Waals surface area contributed by atoms with Crippen molar-refractivity contribution < 1.29 is 9.59 Å². The smallest absolute Gasteiger partial charge is 0.228 e. The first-order valence-electron chi connectivity index (χ1n) is 7.20. The van der Waals surface area contributed by atoms with Gasteiger partial charge in [0.05, 0.1) is 11.3 Å². The van der Waals surface area contributed by atoms with Crippen LogP contribution in [0.1, 0.15) is 58.6 Å². The van der Waals surface area contributed by atoms with E-state index in [1.807, 2.05) is 6.92 Å². The molecule has 0 atom stereocenters. The SMILES string of the molecule is Cc1ccc2c(n1)C(=O)C(NC1CCCCC1)=CC2=O. The fraction of sp³-hybridized carbons (Fsp3) is 0.438. The molecule has 1 fully saturated rings. The van der Waals surface area contributed by atoms with Crippen molar-refractivity contribution in [2.24, 2.45) is 0 Å². The molecule has 1 saturated carbocycles. The summed E-state index contributed by atoms with van der Waals surface area (Å²) in [5.41, 5.74) is 1.86. The van der Waals surface area contributed by atoms with Crippen molar-refractivity contribution in [1.29, 1.82) is 0 Å². The molecule has 0 spiro atoms. The highest BCUT2D eigenvalue weighted by molar-refractivity contribution is 6.23. The van der Waals surface area contributed by atoms with Crippen LogP contribution >= 0.6 is 0 Å². The third-order valence-electron chi connectivity index (χ3n) is 4.00. The minimum absolute atomic E-state index is 0.134. The lowest BCUT2D eigenvalue weighted by molar-refractivity contribution is 0.0971. The maximum atomic E-state index is 12.4. The summed E-state index contributed by atoms with van der Waals surface area (Å²) in [6, 6.07) is 3.75. The molecule has 1 aromatic rings. The molecule has 2 aliphatic rings. The molecule has 1 heterocycles. The zero-order chi connectivity index (χ0) is 14.1.